The van der Waals surface area contributed by atoms with E-state index < -0.39 is 0 Å². The minimum atomic E-state index is -0.362. The molecular weight excluding hydrogens is 244 g/mol. The molecule has 0 fully saturated rings. The van der Waals surface area contributed by atoms with E-state index in [4.69, 9.17) is 0 Å². The molecule has 1 rings (SSSR count). The van der Waals surface area contributed by atoms with Crippen LogP contribution in [0.3, 0.4) is 0 Å². The molecule has 0 aromatic heterocycles. The van der Waals surface area contributed by atoms with Gasteiger partial charge in [0.25, 0.3) is 0 Å². The highest BCUT2D eigenvalue weighted by atomic mass is 15.1. The Labute approximate surface area is 124 Å². The molecule has 2 heteroatoms. The van der Waals surface area contributed by atoms with E-state index in [-0.39, 0.29) is 5.41 Å². The number of rotatable bonds is 8. The van der Waals surface area contributed by atoms with Crippen LogP contribution in [0.1, 0.15) is 46.1 Å². The standard InChI is InChI=1S/C18H28N2/c1-5-16(4)18(15-19,13-14-20(6-2)7-3)17-11-9-8-10-12-17/h8-12,16H,5-7,13-14H2,1-4H3. The van der Waals surface area contributed by atoms with Crippen molar-refractivity contribution >= 4 is 0 Å². The summed E-state index contributed by atoms with van der Waals surface area (Å²) in [4.78, 5) is 2.40. The quantitative estimate of drug-likeness (QED) is 0.708. The van der Waals surface area contributed by atoms with Crippen LogP contribution in [-0.2, 0) is 5.41 Å². The van der Waals surface area contributed by atoms with Gasteiger partial charge in [-0.25, -0.2) is 0 Å². The van der Waals surface area contributed by atoms with E-state index in [1.54, 1.807) is 0 Å². The molecule has 0 radical (unpaired) electrons. The molecule has 0 aliphatic heterocycles. The second kappa shape index (κ2) is 8.07. The number of benzene rings is 1. The van der Waals surface area contributed by atoms with Gasteiger partial charge in [0.15, 0.2) is 0 Å². The molecule has 1 aromatic carbocycles. The van der Waals surface area contributed by atoms with Gasteiger partial charge in [-0.2, -0.15) is 5.26 Å². The Hall–Kier alpha value is -1.33. The van der Waals surface area contributed by atoms with Gasteiger partial charge in [-0.1, -0.05) is 64.4 Å². The molecule has 0 heterocycles. The first-order valence-electron chi connectivity index (χ1n) is 7.83. The van der Waals surface area contributed by atoms with Crippen molar-refractivity contribution in [1.29, 1.82) is 5.26 Å². The summed E-state index contributed by atoms with van der Waals surface area (Å²) in [6.45, 7) is 11.8. The highest BCUT2D eigenvalue weighted by Gasteiger charge is 2.37. The fourth-order valence-corrected chi connectivity index (χ4v) is 2.86. The van der Waals surface area contributed by atoms with E-state index in [2.05, 4.69) is 50.8 Å². The molecular formula is C18H28N2. The third kappa shape index (κ3) is 3.61. The predicted molar refractivity (Wildman–Crippen MR) is 85.6 cm³/mol. The predicted octanol–water partition coefficient (Wildman–Crippen LogP) is 4.23. The van der Waals surface area contributed by atoms with Crippen molar-refractivity contribution in [2.24, 2.45) is 5.92 Å². The summed E-state index contributed by atoms with van der Waals surface area (Å²) in [5, 5.41) is 9.92. The van der Waals surface area contributed by atoms with Crippen LogP contribution in [-0.4, -0.2) is 24.5 Å². The number of hydrogen-bond donors (Lipinski definition) is 0. The van der Waals surface area contributed by atoms with E-state index in [1.165, 1.54) is 5.56 Å². The minimum absolute atomic E-state index is 0.362. The van der Waals surface area contributed by atoms with Crippen LogP contribution >= 0.6 is 0 Å². The summed E-state index contributed by atoms with van der Waals surface area (Å²) < 4.78 is 0. The Morgan fingerprint density at radius 3 is 2.20 bits per heavy atom. The monoisotopic (exact) mass is 272 g/mol. The van der Waals surface area contributed by atoms with Crippen molar-refractivity contribution in [2.75, 3.05) is 19.6 Å². The summed E-state index contributed by atoms with van der Waals surface area (Å²) in [6, 6.07) is 13.0. The smallest absolute Gasteiger partial charge is 0.0859 e. The van der Waals surface area contributed by atoms with Gasteiger partial charge in [-0.3, -0.25) is 0 Å². The van der Waals surface area contributed by atoms with Gasteiger partial charge < -0.3 is 4.90 Å². The van der Waals surface area contributed by atoms with Crippen molar-refractivity contribution in [3.8, 4) is 6.07 Å². The van der Waals surface area contributed by atoms with Gasteiger partial charge in [0.1, 0.15) is 0 Å². The van der Waals surface area contributed by atoms with Crippen LogP contribution in [0.5, 0.6) is 0 Å². The molecule has 0 spiro atoms. The van der Waals surface area contributed by atoms with Crippen molar-refractivity contribution in [3.63, 3.8) is 0 Å². The van der Waals surface area contributed by atoms with Gasteiger partial charge in [-0.05, 0) is 37.5 Å². The summed E-state index contributed by atoms with van der Waals surface area (Å²) in [5.41, 5.74) is 0.808. The molecule has 2 unspecified atom stereocenters. The maximum absolute atomic E-state index is 9.92. The van der Waals surface area contributed by atoms with Crippen LogP contribution < -0.4 is 0 Å². The topological polar surface area (TPSA) is 27.0 Å². The molecule has 1 aromatic rings. The van der Waals surface area contributed by atoms with Crippen LogP contribution in [0, 0.1) is 17.2 Å². The maximum atomic E-state index is 9.92. The van der Waals surface area contributed by atoms with Gasteiger partial charge in [0.05, 0.1) is 11.5 Å². The van der Waals surface area contributed by atoms with E-state index in [1.807, 2.05) is 18.2 Å². The summed E-state index contributed by atoms with van der Waals surface area (Å²) in [7, 11) is 0. The molecule has 2 atom stereocenters. The minimum Gasteiger partial charge on any atom is -0.304 e. The van der Waals surface area contributed by atoms with Gasteiger partial charge >= 0.3 is 0 Å². The lowest BCUT2D eigenvalue weighted by Crippen LogP contribution is -2.37. The maximum Gasteiger partial charge on any atom is 0.0859 e. The van der Waals surface area contributed by atoms with E-state index in [9.17, 15) is 5.26 Å². The average Bonchev–Trinajstić information content (AvgIpc) is 2.52. The molecule has 2 nitrogen and oxygen atoms in total. The number of hydrogen-bond acceptors (Lipinski definition) is 2. The highest BCUT2D eigenvalue weighted by molar-refractivity contribution is 5.33. The molecule has 0 saturated heterocycles. The Balaban J connectivity index is 3.05. The number of nitriles is 1. The SMILES string of the molecule is CCC(C)C(C#N)(CCN(CC)CC)c1ccccc1. The second-order valence-corrected chi connectivity index (χ2v) is 5.54. The zero-order valence-corrected chi connectivity index (χ0v) is 13.4. The second-order valence-electron chi connectivity index (χ2n) is 5.54. The molecule has 0 saturated carbocycles. The summed E-state index contributed by atoms with van der Waals surface area (Å²) >= 11 is 0. The third-order valence-corrected chi connectivity index (χ3v) is 4.66. The average molecular weight is 272 g/mol. The Kier molecular flexibility index (Phi) is 6.75. The molecule has 0 amide bonds. The van der Waals surface area contributed by atoms with E-state index >= 15 is 0 Å². The van der Waals surface area contributed by atoms with Crippen LogP contribution in [0.2, 0.25) is 0 Å². The fourth-order valence-electron chi connectivity index (χ4n) is 2.86. The van der Waals surface area contributed by atoms with Crippen molar-refractivity contribution in [2.45, 2.75) is 46.0 Å². The Bertz CT molecular complexity index is 417. The summed E-state index contributed by atoms with van der Waals surface area (Å²) in [6.07, 6.45) is 1.94. The summed E-state index contributed by atoms with van der Waals surface area (Å²) in [5.74, 6) is 0.366. The van der Waals surface area contributed by atoms with E-state index in [0.717, 1.165) is 32.5 Å². The van der Waals surface area contributed by atoms with Crippen LogP contribution in [0.25, 0.3) is 0 Å². The molecule has 110 valence electrons. The molecule has 0 aliphatic carbocycles. The Morgan fingerprint density at radius 1 is 1.15 bits per heavy atom. The van der Waals surface area contributed by atoms with Crippen molar-refractivity contribution in [1.82, 2.24) is 4.90 Å². The van der Waals surface area contributed by atoms with Gasteiger partial charge in [-0.15, -0.1) is 0 Å². The van der Waals surface area contributed by atoms with Crippen LogP contribution in [0.4, 0.5) is 0 Å². The Morgan fingerprint density at radius 2 is 1.75 bits per heavy atom. The first kappa shape index (κ1) is 16.7. The fraction of sp³-hybridized carbons (Fsp3) is 0.611. The van der Waals surface area contributed by atoms with Gasteiger partial charge in [0, 0.05) is 0 Å². The lowest BCUT2D eigenvalue weighted by Gasteiger charge is -2.35. The third-order valence-electron chi connectivity index (χ3n) is 4.66. The molecule has 0 bridgehead atoms. The molecule has 0 aliphatic rings. The first-order chi connectivity index (χ1) is 9.64. The molecule has 20 heavy (non-hydrogen) atoms. The lowest BCUT2D eigenvalue weighted by molar-refractivity contribution is 0.244. The zero-order valence-electron chi connectivity index (χ0n) is 13.4. The van der Waals surface area contributed by atoms with Gasteiger partial charge in [0.2, 0.25) is 0 Å². The zero-order chi connectivity index (χ0) is 15.0. The van der Waals surface area contributed by atoms with Crippen LogP contribution in [0.15, 0.2) is 30.3 Å². The van der Waals surface area contributed by atoms with Crippen molar-refractivity contribution < 1.29 is 0 Å². The largest absolute Gasteiger partial charge is 0.304 e. The normalized spacial score (nSPS) is 15.6. The first-order valence-corrected chi connectivity index (χ1v) is 7.83. The van der Waals surface area contributed by atoms with Crippen molar-refractivity contribution in [3.05, 3.63) is 35.9 Å². The lowest BCUT2D eigenvalue weighted by atomic mass is 9.68. The molecule has 0 N–H and O–H groups in total. The highest BCUT2D eigenvalue weighted by Crippen LogP contribution is 2.37. The number of nitrogens with zero attached hydrogens (tertiary/aromatic N) is 2. The van der Waals surface area contributed by atoms with E-state index in [0.29, 0.717) is 5.92 Å².